The third kappa shape index (κ3) is 2.42. The van der Waals surface area contributed by atoms with Gasteiger partial charge < -0.3 is 15.2 Å². The summed E-state index contributed by atoms with van der Waals surface area (Å²) in [7, 11) is 0. The smallest absolute Gasteiger partial charge is 0.159 e. The Morgan fingerprint density at radius 2 is 2.26 bits per heavy atom. The van der Waals surface area contributed by atoms with Gasteiger partial charge in [-0.05, 0) is 24.1 Å². The lowest BCUT2D eigenvalue weighted by atomic mass is 9.89. The number of benzene rings is 1. The van der Waals surface area contributed by atoms with E-state index in [0.717, 1.165) is 27.8 Å². The highest BCUT2D eigenvalue weighted by molar-refractivity contribution is 9.10. The number of rotatable bonds is 3. The zero-order valence-electron chi connectivity index (χ0n) is 10.6. The van der Waals surface area contributed by atoms with Crippen molar-refractivity contribution in [3.8, 4) is 5.75 Å². The molecule has 2 N–H and O–H groups in total. The van der Waals surface area contributed by atoms with Gasteiger partial charge in [-0.2, -0.15) is 0 Å². The number of carbonyl (C=O) groups excluding carboxylic acids is 1. The van der Waals surface area contributed by atoms with Gasteiger partial charge in [-0.25, -0.2) is 0 Å². The second-order valence-electron chi connectivity index (χ2n) is 5.21. The average Bonchev–Trinajstić information content (AvgIpc) is 2.98. The van der Waals surface area contributed by atoms with Crippen LogP contribution in [0.5, 0.6) is 5.75 Å². The summed E-state index contributed by atoms with van der Waals surface area (Å²) in [4.78, 5) is 12.4. The van der Waals surface area contributed by atoms with Crippen molar-refractivity contribution in [2.24, 2.45) is 5.73 Å². The van der Waals surface area contributed by atoms with E-state index >= 15 is 0 Å². The lowest BCUT2D eigenvalue weighted by Crippen LogP contribution is -2.49. The fraction of sp³-hybridized carbons (Fsp3) is 0.500. The number of fused-ring (bicyclic) bond motifs is 1. The van der Waals surface area contributed by atoms with E-state index in [2.05, 4.69) is 15.9 Å². The summed E-state index contributed by atoms with van der Waals surface area (Å²) in [6.45, 7) is 1.57. The van der Waals surface area contributed by atoms with Gasteiger partial charge in [0.2, 0.25) is 0 Å². The van der Waals surface area contributed by atoms with Crippen LogP contribution in [0.3, 0.4) is 0 Å². The van der Waals surface area contributed by atoms with E-state index in [1.54, 1.807) is 0 Å². The third-order valence-corrected chi connectivity index (χ3v) is 4.24. The quantitative estimate of drug-likeness (QED) is 0.917. The lowest BCUT2D eigenvalue weighted by Gasteiger charge is -2.20. The molecule has 0 aliphatic carbocycles. The Morgan fingerprint density at radius 3 is 3.00 bits per heavy atom. The maximum Gasteiger partial charge on any atom is 0.159 e. The van der Waals surface area contributed by atoms with Gasteiger partial charge in [0, 0.05) is 29.5 Å². The molecule has 0 aromatic heterocycles. The number of Topliss-reactive ketones (excluding diaryl/α,β-unsaturated/α-hetero) is 1. The Balaban J connectivity index is 1.86. The van der Waals surface area contributed by atoms with Crippen molar-refractivity contribution in [1.29, 1.82) is 0 Å². The zero-order chi connectivity index (χ0) is 13.5. The van der Waals surface area contributed by atoms with E-state index in [4.69, 9.17) is 15.2 Å². The molecule has 2 aliphatic heterocycles. The van der Waals surface area contributed by atoms with Gasteiger partial charge in [0.15, 0.2) is 5.78 Å². The minimum absolute atomic E-state index is 0.0285. The highest BCUT2D eigenvalue weighted by Crippen LogP contribution is 2.34. The first kappa shape index (κ1) is 13.1. The molecule has 0 saturated carbocycles. The zero-order valence-corrected chi connectivity index (χ0v) is 12.2. The van der Waals surface area contributed by atoms with Crippen LogP contribution in [0, 0.1) is 0 Å². The van der Waals surface area contributed by atoms with Crippen molar-refractivity contribution >= 4 is 21.7 Å². The average molecular weight is 326 g/mol. The van der Waals surface area contributed by atoms with E-state index in [1.807, 2.05) is 12.1 Å². The summed E-state index contributed by atoms with van der Waals surface area (Å²) in [6, 6.07) is 3.99. The van der Waals surface area contributed by atoms with Crippen molar-refractivity contribution in [2.75, 3.05) is 19.8 Å². The van der Waals surface area contributed by atoms with Crippen molar-refractivity contribution in [3.05, 3.63) is 27.7 Å². The number of ketones is 1. The molecule has 3 rings (SSSR count). The van der Waals surface area contributed by atoms with Gasteiger partial charge >= 0.3 is 0 Å². The van der Waals surface area contributed by atoms with Crippen LogP contribution in [0.4, 0.5) is 0 Å². The molecule has 102 valence electrons. The molecule has 1 aromatic rings. The van der Waals surface area contributed by atoms with Gasteiger partial charge in [0.05, 0.1) is 13.2 Å². The molecule has 1 unspecified atom stereocenters. The molecule has 1 saturated heterocycles. The van der Waals surface area contributed by atoms with E-state index < -0.39 is 5.54 Å². The van der Waals surface area contributed by atoms with Crippen LogP contribution in [0.1, 0.15) is 17.5 Å². The predicted molar refractivity (Wildman–Crippen MR) is 74.4 cm³/mol. The van der Waals surface area contributed by atoms with Crippen LogP contribution in [0.25, 0.3) is 0 Å². The normalized spacial score (nSPS) is 25.2. The first-order valence-corrected chi connectivity index (χ1v) is 7.22. The number of nitrogens with two attached hydrogens (primary N) is 1. The Morgan fingerprint density at radius 1 is 1.42 bits per heavy atom. The van der Waals surface area contributed by atoms with Crippen molar-refractivity contribution in [3.63, 3.8) is 0 Å². The second-order valence-corrected chi connectivity index (χ2v) is 6.13. The summed E-state index contributed by atoms with van der Waals surface area (Å²) in [5, 5.41) is 0. The standard InChI is InChI=1S/C14H16BrNO3/c15-11-5-9-1-3-19-13(9)10(6-11)7-12(17)14(16)2-4-18-8-14/h5-6H,1-4,7-8,16H2. The highest BCUT2D eigenvalue weighted by atomic mass is 79.9. The third-order valence-electron chi connectivity index (χ3n) is 3.78. The van der Waals surface area contributed by atoms with Gasteiger partial charge in [-0.3, -0.25) is 4.79 Å². The summed E-state index contributed by atoms with van der Waals surface area (Å²) < 4.78 is 11.9. The SMILES string of the molecule is NC1(C(=O)Cc2cc(Br)cc3c2OCC3)CCOC1. The van der Waals surface area contributed by atoms with Crippen molar-refractivity contribution in [2.45, 2.75) is 24.8 Å². The van der Waals surface area contributed by atoms with Crippen LogP contribution in [0.15, 0.2) is 16.6 Å². The molecule has 0 amide bonds. The van der Waals surface area contributed by atoms with Crippen molar-refractivity contribution in [1.82, 2.24) is 0 Å². The fourth-order valence-electron chi connectivity index (χ4n) is 2.63. The summed E-state index contributed by atoms with van der Waals surface area (Å²) in [5.41, 5.74) is 7.36. The van der Waals surface area contributed by atoms with Gasteiger partial charge in [0.1, 0.15) is 11.3 Å². The summed E-state index contributed by atoms with van der Waals surface area (Å²) >= 11 is 3.48. The Kier molecular flexibility index (Phi) is 3.37. The maximum atomic E-state index is 12.4. The maximum absolute atomic E-state index is 12.4. The number of carbonyl (C=O) groups is 1. The first-order valence-electron chi connectivity index (χ1n) is 6.42. The van der Waals surface area contributed by atoms with Crippen LogP contribution < -0.4 is 10.5 Å². The van der Waals surface area contributed by atoms with Crippen LogP contribution in [-0.2, 0) is 22.4 Å². The van der Waals surface area contributed by atoms with Gasteiger partial charge in [-0.1, -0.05) is 15.9 Å². The number of hydrogen-bond acceptors (Lipinski definition) is 4. The van der Waals surface area contributed by atoms with Crippen molar-refractivity contribution < 1.29 is 14.3 Å². The van der Waals surface area contributed by atoms with Crippen LogP contribution in [0.2, 0.25) is 0 Å². The monoisotopic (exact) mass is 325 g/mol. The fourth-order valence-corrected chi connectivity index (χ4v) is 3.18. The Hall–Kier alpha value is -0.910. The number of halogens is 1. The molecule has 0 spiro atoms. The summed E-state index contributed by atoms with van der Waals surface area (Å²) in [6.07, 6.45) is 1.80. The molecule has 0 bridgehead atoms. The molecule has 0 radical (unpaired) electrons. The molecule has 5 heteroatoms. The number of ether oxygens (including phenoxy) is 2. The molecule has 19 heavy (non-hydrogen) atoms. The Bertz CT molecular complexity index is 524. The minimum atomic E-state index is -0.826. The molecule has 1 aromatic carbocycles. The first-order chi connectivity index (χ1) is 9.08. The highest BCUT2D eigenvalue weighted by Gasteiger charge is 2.38. The molecular weight excluding hydrogens is 310 g/mol. The summed E-state index contributed by atoms with van der Waals surface area (Å²) in [5.74, 6) is 0.889. The largest absolute Gasteiger partial charge is 0.493 e. The lowest BCUT2D eigenvalue weighted by molar-refractivity contribution is -0.123. The molecule has 2 aliphatic rings. The minimum Gasteiger partial charge on any atom is -0.493 e. The topological polar surface area (TPSA) is 61.6 Å². The van der Waals surface area contributed by atoms with Crippen LogP contribution in [-0.4, -0.2) is 31.1 Å². The predicted octanol–water partition coefficient (Wildman–Crippen LogP) is 1.61. The molecule has 4 nitrogen and oxygen atoms in total. The van der Waals surface area contributed by atoms with Gasteiger partial charge in [0.25, 0.3) is 0 Å². The van der Waals surface area contributed by atoms with E-state index in [-0.39, 0.29) is 5.78 Å². The molecule has 1 fully saturated rings. The Labute approximate surface area is 120 Å². The van der Waals surface area contributed by atoms with Crippen LogP contribution >= 0.6 is 15.9 Å². The van der Waals surface area contributed by atoms with E-state index in [9.17, 15) is 4.79 Å². The van der Waals surface area contributed by atoms with Gasteiger partial charge in [-0.15, -0.1) is 0 Å². The van der Waals surface area contributed by atoms with E-state index in [1.165, 1.54) is 0 Å². The molecule has 1 atom stereocenters. The number of hydrogen-bond donors (Lipinski definition) is 1. The van der Waals surface area contributed by atoms with E-state index in [0.29, 0.717) is 32.7 Å². The second kappa shape index (κ2) is 4.89. The molecule has 2 heterocycles. The molecular formula is C14H16BrNO3.